The number of hydrogen-bond acceptors (Lipinski definition) is 11. The first kappa shape index (κ1) is 75.9. The van der Waals surface area contributed by atoms with E-state index in [1.807, 2.05) is 46.7 Å². The van der Waals surface area contributed by atoms with Crippen LogP contribution in [0.1, 0.15) is 199 Å². The number of amides is 6. The zero-order valence-electron chi connectivity index (χ0n) is 57.8. The van der Waals surface area contributed by atoms with E-state index >= 15 is 24.0 Å². The number of likely N-dealkylation sites (tertiary alicyclic amines) is 3. The summed E-state index contributed by atoms with van der Waals surface area (Å²) in [6.45, 7) is 36.6. The number of quaternary nitrogens is 1. The minimum Gasteiger partial charge on any atom is -0.481 e. The lowest BCUT2D eigenvalue weighted by atomic mass is 9.59. The van der Waals surface area contributed by atoms with Gasteiger partial charge in [-0.15, -0.1) is 0 Å². The summed E-state index contributed by atoms with van der Waals surface area (Å²) in [4.78, 5) is 123. The quantitative estimate of drug-likeness (QED) is 0.0201. The summed E-state index contributed by atoms with van der Waals surface area (Å²) in [5.74, 6) is -11.5. The molecule has 1 N–H and O–H groups in total. The van der Waals surface area contributed by atoms with Crippen LogP contribution in [0.25, 0.3) is 0 Å². The lowest BCUT2D eigenvalue weighted by molar-refractivity contribution is -0.889. The standard InChI is InChI=1S/C67H123N5O11Si2/c1-22-25-27-28-29-30-31-32-33-34-40-72(16,17)41-39-71-56(73)50(44-64(5,6)7)53(61(71)78)66(10,11)47-52-55(60(77)70(58(52)75)38-37-68(14)15)67(12,13)46-51-54(65(8,9)45-49(62(79)80)48(4)63(81)82-24-3)59(76)69(57(51)74)36-35-43-85(20,21)83-84(18,19)42-26-23-2/h48-55H,22-47H2,1-21H3/p+1. The molecule has 0 radical (unpaired) electrons. The first-order valence-corrected chi connectivity index (χ1v) is 39.5. The normalized spacial score (nSPS) is 22.3. The molecule has 16 nitrogen and oxygen atoms in total. The van der Waals surface area contributed by atoms with Gasteiger partial charge < -0.3 is 23.3 Å². The number of carbonyl (C=O) groups is 8. The molecular formula is C67H124N5O11Si2+. The summed E-state index contributed by atoms with van der Waals surface area (Å²) in [5.41, 5.74) is -3.54. The largest absolute Gasteiger partial charge is 0.481 e. The lowest BCUT2D eigenvalue weighted by Gasteiger charge is -2.42. The average molecular weight is 1230 g/mol. The van der Waals surface area contributed by atoms with Crippen LogP contribution in [0, 0.1) is 69.0 Å². The molecule has 3 rings (SSSR count). The van der Waals surface area contributed by atoms with Gasteiger partial charge >= 0.3 is 11.9 Å². The first-order chi connectivity index (χ1) is 39.1. The molecule has 3 heterocycles. The van der Waals surface area contributed by atoms with E-state index in [-0.39, 0.29) is 74.5 Å². The van der Waals surface area contributed by atoms with Gasteiger partial charge in [0, 0.05) is 19.6 Å². The third kappa shape index (κ3) is 21.7. The van der Waals surface area contributed by atoms with E-state index in [2.05, 4.69) is 74.9 Å². The number of nitrogens with zero attached hydrogens (tertiary/aromatic N) is 5. The Kier molecular flexibility index (Phi) is 28.5. The van der Waals surface area contributed by atoms with Gasteiger partial charge in [0.2, 0.25) is 35.4 Å². The monoisotopic (exact) mass is 1230 g/mol. The highest BCUT2D eigenvalue weighted by molar-refractivity contribution is 6.84. The molecule has 18 heteroatoms. The van der Waals surface area contributed by atoms with Crippen LogP contribution >= 0.6 is 0 Å². The van der Waals surface area contributed by atoms with Crippen molar-refractivity contribution in [1.82, 2.24) is 19.6 Å². The minimum absolute atomic E-state index is 0.0183. The molecular weight excluding hydrogens is 1110 g/mol. The van der Waals surface area contributed by atoms with Crippen molar-refractivity contribution in [3.8, 4) is 0 Å². The molecule has 0 spiro atoms. The van der Waals surface area contributed by atoms with Crippen LogP contribution in [-0.4, -0.2) is 167 Å². The molecule has 3 saturated heterocycles. The molecule has 0 aliphatic carbocycles. The molecule has 0 bridgehead atoms. The van der Waals surface area contributed by atoms with Gasteiger partial charge in [0.25, 0.3) is 0 Å². The number of unbranched alkanes of at least 4 members (excludes halogenated alkanes) is 10. The molecule has 3 fully saturated rings. The molecule has 8 atom stereocenters. The van der Waals surface area contributed by atoms with Gasteiger partial charge in [0.05, 0.1) is 87.7 Å². The number of rotatable bonds is 40. The lowest BCUT2D eigenvalue weighted by Crippen LogP contribution is -2.47. The van der Waals surface area contributed by atoms with E-state index in [1.165, 1.54) is 73.0 Å². The Balaban J connectivity index is 2.08. The van der Waals surface area contributed by atoms with E-state index in [0.29, 0.717) is 36.5 Å². The second-order valence-corrected chi connectivity index (χ2v) is 40.6. The van der Waals surface area contributed by atoms with Gasteiger partial charge in [-0.05, 0) is 126 Å². The number of esters is 1. The van der Waals surface area contributed by atoms with Crippen molar-refractivity contribution in [2.75, 3.05) is 74.1 Å². The van der Waals surface area contributed by atoms with Crippen molar-refractivity contribution in [1.29, 1.82) is 0 Å². The maximum Gasteiger partial charge on any atom is 0.309 e. The van der Waals surface area contributed by atoms with Crippen molar-refractivity contribution in [2.24, 2.45) is 69.0 Å². The van der Waals surface area contributed by atoms with Crippen molar-refractivity contribution >= 4 is 64.0 Å². The highest BCUT2D eigenvalue weighted by atomic mass is 28.4. The maximum atomic E-state index is 15.3. The summed E-state index contributed by atoms with van der Waals surface area (Å²) >= 11 is 0. The van der Waals surface area contributed by atoms with Crippen LogP contribution in [0.5, 0.6) is 0 Å². The summed E-state index contributed by atoms with van der Waals surface area (Å²) in [6, 6.07) is 1.77. The summed E-state index contributed by atoms with van der Waals surface area (Å²) < 4.78 is 12.9. The Morgan fingerprint density at radius 1 is 0.553 bits per heavy atom. The molecule has 0 saturated carbocycles. The van der Waals surface area contributed by atoms with Crippen LogP contribution in [-0.2, 0) is 47.2 Å². The number of carbonyl (C=O) groups excluding carboxylic acids is 7. The number of carboxylic acid groups (broad SMARTS) is 1. The Morgan fingerprint density at radius 3 is 1.38 bits per heavy atom. The molecule has 8 unspecified atom stereocenters. The van der Waals surface area contributed by atoms with Crippen LogP contribution in [0.15, 0.2) is 0 Å². The van der Waals surface area contributed by atoms with Gasteiger partial charge in [0.15, 0.2) is 16.6 Å². The van der Waals surface area contributed by atoms with Crippen molar-refractivity contribution in [3.05, 3.63) is 0 Å². The number of hydrogen-bond donors (Lipinski definition) is 1. The van der Waals surface area contributed by atoms with E-state index in [9.17, 15) is 19.5 Å². The Morgan fingerprint density at radius 2 is 0.953 bits per heavy atom. The van der Waals surface area contributed by atoms with Crippen LogP contribution in [0.4, 0.5) is 0 Å². The topological polar surface area (TPSA) is 188 Å². The zero-order valence-corrected chi connectivity index (χ0v) is 59.8. The molecule has 0 aromatic rings. The summed E-state index contributed by atoms with van der Waals surface area (Å²) in [5, 5.41) is 10.7. The van der Waals surface area contributed by atoms with Gasteiger partial charge in [-0.25, -0.2) is 0 Å². The maximum absolute atomic E-state index is 15.3. The first-order valence-electron chi connectivity index (χ1n) is 33.2. The van der Waals surface area contributed by atoms with Gasteiger partial charge in [0.1, 0.15) is 0 Å². The van der Waals surface area contributed by atoms with E-state index in [4.69, 9.17) is 8.85 Å². The number of carboxylic acids is 1. The SMILES string of the molecule is CCCCCCCCCCCC[N+](C)(C)CCN1C(=O)C(CC(C)(C)C)C(C(C)(C)CC2C(=O)N(CCN(C)C)C(=O)C2C(C)(C)CC2C(=O)N(CCC[Si](C)(C)O[Si](C)(C)CCCC)C(=O)C2C(C)(C)CC(C(=O)O)C(C)C(=O)OCC)C1=O. The zero-order chi connectivity index (χ0) is 64.8. The van der Waals surface area contributed by atoms with E-state index in [1.54, 1.807) is 20.8 Å². The predicted octanol–water partition coefficient (Wildman–Crippen LogP) is 12.6. The van der Waals surface area contributed by atoms with Crippen molar-refractivity contribution in [3.63, 3.8) is 0 Å². The Hall–Kier alpha value is -3.33. The molecule has 85 heavy (non-hydrogen) atoms. The third-order valence-corrected chi connectivity index (χ3v) is 26.9. The smallest absolute Gasteiger partial charge is 0.309 e. The van der Waals surface area contributed by atoms with Gasteiger partial charge in [-0.3, -0.25) is 53.1 Å². The van der Waals surface area contributed by atoms with Crippen LogP contribution in [0.3, 0.4) is 0 Å². The molecule has 3 aliphatic rings. The summed E-state index contributed by atoms with van der Waals surface area (Å²) in [7, 11) is 3.89. The fraction of sp³-hybridized carbons (Fsp3) is 0.881. The van der Waals surface area contributed by atoms with Gasteiger partial charge in [-0.1, -0.05) is 147 Å². The number of aliphatic carboxylic acids is 1. The molecule has 490 valence electrons. The molecule has 0 aromatic carbocycles. The molecule has 3 aliphatic heterocycles. The molecule has 0 aromatic heterocycles. The van der Waals surface area contributed by atoms with E-state index < -0.39 is 104 Å². The van der Waals surface area contributed by atoms with E-state index in [0.717, 1.165) is 38.3 Å². The highest BCUT2D eigenvalue weighted by Crippen LogP contribution is 2.55. The highest BCUT2D eigenvalue weighted by Gasteiger charge is 2.62. The fourth-order valence-electron chi connectivity index (χ4n) is 14.9. The second kappa shape index (κ2) is 31.9. The number of ether oxygens (including phenoxy) is 1. The number of imide groups is 3. The fourth-order valence-corrected chi connectivity index (χ4v) is 23.9. The molecule has 6 amide bonds. The Labute approximate surface area is 518 Å². The number of likely N-dealkylation sites (N-methyl/N-ethyl adjacent to an activating group) is 2. The Bertz CT molecular complexity index is 2260. The van der Waals surface area contributed by atoms with Crippen LogP contribution < -0.4 is 0 Å². The van der Waals surface area contributed by atoms with Gasteiger partial charge in [-0.2, -0.15) is 0 Å². The van der Waals surface area contributed by atoms with Crippen molar-refractivity contribution < 1.29 is 56.8 Å². The predicted molar refractivity (Wildman–Crippen MR) is 345 cm³/mol. The summed E-state index contributed by atoms with van der Waals surface area (Å²) in [6.07, 6.45) is 15.7. The van der Waals surface area contributed by atoms with Crippen molar-refractivity contribution in [2.45, 2.75) is 237 Å². The average Bonchev–Trinajstić information content (AvgIpc) is 1.88. The van der Waals surface area contributed by atoms with Crippen LogP contribution in [0.2, 0.25) is 38.3 Å². The third-order valence-electron chi connectivity index (χ3n) is 19.4. The second-order valence-electron chi connectivity index (χ2n) is 31.8. The minimum atomic E-state index is -2.24.